The molecule has 1 rings (SSSR count). The van der Waals surface area contributed by atoms with E-state index >= 15 is 0 Å². The first-order valence-corrected chi connectivity index (χ1v) is 7.91. The molecule has 1 aromatic rings. The van der Waals surface area contributed by atoms with E-state index in [1.807, 2.05) is 13.8 Å². The van der Waals surface area contributed by atoms with Crippen molar-refractivity contribution < 1.29 is 8.42 Å². The molecule has 0 aliphatic rings. The quantitative estimate of drug-likeness (QED) is 0.759. The summed E-state index contributed by atoms with van der Waals surface area (Å²) in [6.45, 7) is 4.75. The molecule has 4 nitrogen and oxygen atoms in total. The molecule has 0 saturated carbocycles. The van der Waals surface area contributed by atoms with Crippen molar-refractivity contribution in [3.8, 4) is 0 Å². The van der Waals surface area contributed by atoms with Crippen LogP contribution in [0.1, 0.15) is 20.3 Å². The number of halogens is 1. The molecule has 0 aromatic heterocycles. The zero-order valence-corrected chi connectivity index (χ0v) is 12.2. The summed E-state index contributed by atoms with van der Waals surface area (Å²) in [4.78, 5) is 0. The Balaban J connectivity index is 2.42. The summed E-state index contributed by atoms with van der Waals surface area (Å²) in [7, 11) is -3.28. The number of anilines is 1. The molecule has 0 amide bonds. The number of benzene rings is 1. The van der Waals surface area contributed by atoms with Crippen molar-refractivity contribution in [3.63, 3.8) is 0 Å². The van der Waals surface area contributed by atoms with Gasteiger partial charge in [-0.1, -0.05) is 25.4 Å². The number of hydrogen-bond acceptors (Lipinski definition) is 3. The lowest BCUT2D eigenvalue weighted by Gasteiger charge is -2.10. The first-order valence-electron chi connectivity index (χ1n) is 5.88. The van der Waals surface area contributed by atoms with Gasteiger partial charge < -0.3 is 5.32 Å². The van der Waals surface area contributed by atoms with Crippen LogP contribution in [0.25, 0.3) is 0 Å². The Labute approximate surface area is 114 Å². The summed E-state index contributed by atoms with van der Waals surface area (Å²) >= 11 is 5.73. The molecule has 0 radical (unpaired) electrons. The first kappa shape index (κ1) is 15.3. The van der Waals surface area contributed by atoms with Gasteiger partial charge in [0.25, 0.3) is 0 Å². The maximum absolute atomic E-state index is 11.8. The lowest BCUT2D eigenvalue weighted by molar-refractivity contribution is 0.571. The summed E-state index contributed by atoms with van der Waals surface area (Å²) in [6.07, 6.45) is 0.584. The highest BCUT2D eigenvalue weighted by molar-refractivity contribution is 7.92. The van der Waals surface area contributed by atoms with Gasteiger partial charge in [-0.05, 0) is 37.2 Å². The van der Waals surface area contributed by atoms with E-state index in [9.17, 15) is 8.42 Å². The molecule has 0 atom stereocenters. The monoisotopic (exact) mass is 290 g/mol. The molecule has 0 aliphatic carbocycles. The van der Waals surface area contributed by atoms with E-state index in [4.69, 9.17) is 11.6 Å². The van der Waals surface area contributed by atoms with E-state index in [0.717, 1.165) is 0 Å². The fourth-order valence-corrected chi connectivity index (χ4v) is 2.65. The largest absolute Gasteiger partial charge is 0.314 e. The minimum atomic E-state index is -3.28. The van der Waals surface area contributed by atoms with E-state index in [2.05, 4.69) is 10.0 Å². The van der Waals surface area contributed by atoms with Crippen LogP contribution >= 0.6 is 11.6 Å². The molecular formula is C12H19ClN2O2S. The van der Waals surface area contributed by atoms with Crippen LogP contribution in [0.3, 0.4) is 0 Å². The zero-order valence-electron chi connectivity index (χ0n) is 10.6. The fourth-order valence-electron chi connectivity index (χ4n) is 1.40. The normalized spacial score (nSPS) is 11.8. The Hall–Kier alpha value is -0.780. The SMILES string of the molecule is CC(C)NCCCS(=O)(=O)Nc1ccc(Cl)cc1. The predicted octanol–water partition coefficient (Wildman–Crippen LogP) is 2.47. The average molecular weight is 291 g/mol. The summed E-state index contributed by atoms with van der Waals surface area (Å²) < 4.78 is 26.0. The third kappa shape index (κ3) is 6.23. The van der Waals surface area contributed by atoms with Crippen molar-refractivity contribution >= 4 is 27.3 Å². The number of hydrogen-bond donors (Lipinski definition) is 2. The van der Waals surface area contributed by atoms with Gasteiger partial charge in [0.2, 0.25) is 10.0 Å². The second-order valence-electron chi connectivity index (χ2n) is 4.39. The minimum Gasteiger partial charge on any atom is -0.314 e. The molecule has 0 bridgehead atoms. The lowest BCUT2D eigenvalue weighted by Crippen LogP contribution is -2.26. The number of sulfonamides is 1. The lowest BCUT2D eigenvalue weighted by atomic mass is 10.3. The molecular weight excluding hydrogens is 272 g/mol. The Morgan fingerprint density at radius 3 is 2.39 bits per heavy atom. The van der Waals surface area contributed by atoms with Crippen LogP contribution in [-0.4, -0.2) is 26.8 Å². The second kappa shape index (κ2) is 6.97. The van der Waals surface area contributed by atoms with E-state index in [-0.39, 0.29) is 5.75 Å². The summed E-state index contributed by atoms with van der Waals surface area (Å²) in [5, 5.41) is 3.76. The highest BCUT2D eigenvalue weighted by Crippen LogP contribution is 2.14. The predicted molar refractivity (Wildman–Crippen MR) is 76.6 cm³/mol. The molecule has 1 aromatic carbocycles. The Kier molecular flexibility index (Phi) is 5.91. The van der Waals surface area contributed by atoms with Crippen LogP contribution < -0.4 is 10.0 Å². The molecule has 0 saturated heterocycles. The maximum Gasteiger partial charge on any atom is 0.232 e. The zero-order chi connectivity index (χ0) is 13.6. The molecule has 6 heteroatoms. The van der Waals surface area contributed by atoms with Gasteiger partial charge in [0, 0.05) is 16.8 Å². The first-order chi connectivity index (χ1) is 8.39. The molecule has 102 valence electrons. The highest BCUT2D eigenvalue weighted by atomic mass is 35.5. The Morgan fingerprint density at radius 2 is 1.83 bits per heavy atom. The fraction of sp³-hybridized carbons (Fsp3) is 0.500. The smallest absolute Gasteiger partial charge is 0.232 e. The van der Waals surface area contributed by atoms with E-state index in [1.54, 1.807) is 24.3 Å². The van der Waals surface area contributed by atoms with Gasteiger partial charge in [-0.2, -0.15) is 0 Å². The molecule has 0 unspecified atom stereocenters. The molecule has 18 heavy (non-hydrogen) atoms. The van der Waals surface area contributed by atoms with Crippen LogP contribution in [0.4, 0.5) is 5.69 Å². The molecule has 0 fully saturated rings. The van der Waals surface area contributed by atoms with Crippen molar-refractivity contribution in [3.05, 3.63) is 29.3 Å². The minimum absolute atomic E-state index is 0.106. The van der Waals surface area contributed by atoms with Crippen LogP contribution in [-0.2, 0) is 10.0 Å². The third-order valence-electron chi connectivity index (χ3n) is 2.26. The van der Waals surface area contributed by atoms with Crippen molar-refractivity contribution in [1.29, 1.82) is 0 Å². The van der Waals surface area contributed by atoms with E-state index in [0.29, 0.717) is 29.7 Å². The van der Waals surface area contributed by atoms with Crippen LogP contribution in [0.2, 0.25) is 5.02 Å². The van der Waals surface area contributed by atoms with Crippen molar-refractivity contribution in [2.45, 2.75) is 26.3 Å². The highest BCUT2D eigenvalue weighted by Gasteiger charge is 2.09. The third-order valence-corrected chi connectivity index (χ3v) is 3.88. The Bertz CT molecular complexity index is 457. The van der Waals surface area contributed by atoms with Gasteiger partial charge in [-0.3, -0.25) is 4.72 Å². The summed E-state index contributed by atoms with van der Waals surface area (Å²) in [6, 6.07) is 6.97. The van der Waals surface area contributed by atoms with Crippen molar-refractivity contribution in [1.82, 2.24) is 5.32 Å². The number of rotatable bonds is 7. The van der Waals surface area contributed by atoms with Gasteiger partial charge in [-0.15, -0.1) is 0 Å². The second-order valence-corrected chi connectivity index (χ2v) is 6.67. The van der Waals surface area contributed by atoms with Crippen LogP contribution in [0.15, 0.2) is 24.3 Å². The standard InChI is InChI=1S/C12H19ClN2O2S/c1-10(2)14-8-3-9-18(16,17)15-12-6-4-11(13)5-7-12/h4-7,10,14-15H,3,8-9H2,1-2H3. The van der Waals surface area contributed by atoms with Gasteiger partial charge in [-0.25, -0.2) is 8.42 Å². The van der Waals surface area contributed by atoms with Crippen molar-refractivity contribution in [2.24, 2.45) is 0 Å². The Morgan fingerprint density at radius 1 is 1.22 bits per heavy atom. The van der Waals surface area contributed by atoms with Gasteiger partial charge in [0.1, 0.15) is 0 Å². The molecule has 0 heterocycles. The number of nitrogens with one attached hydrogen (secondary N) is 2. The molecule has 2 N–H and O–H groups in total. The average Bonchev–Trinajstić information content (AvgIpc) is 2.27. The van der Waals surface area contributed by atoms with Gasteiger partial charge in [0.15, 0.2) is 0 Å². The van der Waals surface area contributed by atoms with Crippen molar-refractivity contribution in [2.75, 3.05) is 17.0 Å². The van der Waals surface area contributed by atoms with E-state index in [1.165, 1.54) is 0 Å². The van der Waals surface area contributed by atoms with E-state index < -0.39 is 10.0 Å². The van der Waals surface area contributed by atoms with Crippen LogP contribution in [0, 0.1) is 0 Å². The summed E-state index contributed by atoms with van der Waals surface area (Å²) in [5.41, 5.74) is 0.538. The van der Waals surface area contributed by atoms with Gasteiger partial charge >= 0.3 is 0 Å². The van der Waals surface area contributed by atoms with Crippen LogP contribution in [0.5, 0.6) is 0 Å². The van der Waals surface area contributed by atoms with Gasteiger partial charge in [0.05, 0.1) is 5.75 Å². The topological polar surface area (TPSA) is 58.2 Å². The maximum atomic E-state index is 11.8. The molecule has 0 spiro atoms. The molecule has 0 aliphatic heterocycles. The summed E-state index contributed by atoms with van der Waals surface area (Å²) in [5.74, 6) is 0.106.